The van der Waals surface area contributed by atoms with Gasteiger partial charge >= 0.3 is 0 Å². The number of thiazole rings is 1. The first-order valence-electron chi connectivity index (χ1n) is 12.0. The van der Waals surface area contributed by atoms with Crippen molar-refractivity contribution in [2.24, 2.45) is 0 Å². The molecule has 2 aromatic carbocycles. The molecule has 9 heteroatoms. The minimum atomic E-state index is -0.145. The van der Waals surface area contributed by atoms with E-state index in [-0.39, 0.29) is 25.0 Å². The number of aromatic nitrogens is 2. The van der Waals surface area contributed by atoms with E-state index in [2.05, 4.69) is 16.4 Å². The molecular formula is C28H24N4O4S. The van der Waals surface area contributed by atoms with Crippen molar-refractivity contribution in [3.8, 4) is 22.8 Å². The van der Waals surface area contributed by atoms with Gasteiger partial charge in [-0.15, -0.1) is 11.3 Å². The van der Waals surface area contributed by atoms with Gasteiger partial charge in [-0.25, -0.2) is 4.98 Å². The largest absolute Gasteiger partial charge is 0.454 e. The van der Waals surface area contributed by atoms with Crippen LogP contribution in [0.25, 0.3) is 11.3 Å². The molecular weight excluding hydrogens is 488 g/mol. The van der Waals surface area contributed by atoms with Crippen LogP contribution in [0.5, 0.6) is 11.5 Å². The molecule has 6 rings (SSSR count). The van der Waals surface area contributed by atoms with E-state index in [1.54, 1.807) is 12.4 Å². The molecule has 8 nitrogen and oxygen atoms in total. The fourth-order valence-corrected chi connectivity index (χ4v) is 5.56. The fourth-order valence-electron chi connectivity index (χ4n) is 4.71. The Morgan fingerprint density at radius 2 is 1.95 bits per heavy atom. The highest BCUT2D eigenvalue weighted by molar-refractivity contribution is 7.16. The molecule has 37 heavy (non-hydrogen) atoms. The van der Waals surface area contributed by atoms with Crippen molar-refractivity contribution < 1.29 is 19.1 Å². The van der Waals surface area contributed by atoms with Crippen LogP contribution in [0.2, 0.25) is 0 Å². The van der Waals surface area contributed by atoms with Crippen LogP contribution in [0.3, 0.4) is 0 Å². The number of pyridine rings is 1. The highest BCUT2D eigenvalue weighted by Crippen LogP contribution is 2.37. The summed E-state index contributed by atoms with van der Waals surface area (Å²) in [6.45, 7) is 4.75. The third-order valence-electron chi connectivity index (χ3n) is 6.61. The van der Waals surface area contributed by atoms with Crippen molar-refractivity contribution in [1.82, 2.24) is 9.97 Å². The summed E-state index contributed by atoms with van der Waals surface area (Å²) < 4.78 is 10.7. The van der Waals surface area contributed by atoms with Crippen LogP contribution in [0.4, 0.5) is 10.8 Å². The standard InChI is InChI=1S/C28H24N4O4S/c1-16-7-9-29-14-21(16)27(34)32-10-8-19-13-20(4-5-22(19)32)26-17(2)37-28(31-26)30-25(33)12-18-3-6-23-24(11-18)36-15-35-23/h3-7,9,11,13-14H,8,10,12,15H2,1-2H3,(H,30,31,33). The Morgan fingerprint density at radius 1 is 1.08 bits per heavy atom. The van der Waals surface area contributed by atoms with Crippen LogP contribution in [0.15, 0.2) is 54.9 Å². The zero-order chi connectivity index (χ0) is 25.5. The minimum absolute atomic E-state index is 0.0330. The molecule has 4 aromatic rings. The Morgan fingerprint density at radius 3 is 2.81 bits per heavy atom. The maximum Gasteiger partial charge on any atom is 0.260 e. The zero-order valence-corrected chi connectivity index (χ0v) is 21.2. The number of benzene rings is 2. The van der Waals surface area contributed by atoms with Crippen LogP contribution >= 0.6 is 11.3 Å². The molecule has 0 fully saturated rings. The van der Waals surface area contributed by atoms with Crippen molar-refractivity contribution in [2.45, 2.75) is 26.7 Å². The van der Waals surface area contributed by atoms with Crippen LogP contribution in [0, 0.1) is 13.8 Å². The Balaban J connectivity index is 1.17. The number of ether oxygens (including phenoxy) is 2. The summed E-state index contributed by atoms with van der Waals surface area (Å²) >= 11 is 1.45. The molecule has 0 saturated carbocycles. The van der Waals surface area contributed by atoms with Gasteiger partial charge < -0.3 is 19.7 Å². The number of fused-ring (bicyclic) bond motifs is 2. The minimum Gasteiger partial charge on any atom is -0.454 e. The van der Waals surface area contributed by atoms with E-state index < -0.39 is 0 Å². The molecule has 2 aromatic heterocycles. The number of amides is 2. The lowest BCUT2D eigenvalue weighted by molar-refractivity contribution is -0.115. The Hall–Kier alpha value is -4.24. The average Bonchev–Trinajstić information content (AvgIpc) is 3.61. The van der Waals surface area contributed by atoms with Crippen LogP contribution in [0.1, 0.15) is 31.9 Å². The zero-order valence-electron chi connectivity index (χ0n) is 20.4. The summed E-state index contributed by atoms with van der Waals surface area (Å²) in [7, 11) is 0. The predicted octanol–water partition coefficient (Wildman–Crippen LogP) is 4.93. The van der Waals surface area contributed by atoms with E-state index >= 15 is 0 Å². The molecule has 2 amide bonds. The second-order valence-corrected chi connectivity index (χ2v) is 10.3. The van der Waals surface area contributed by atoms with Gasteiger partial charge in [0.1, 0.15) is 0 Å². The first kappa shape index (κ1) is 23.2. The van der Waals surface area contributed by atoms with Gasteiger partial charge in [-0.05, 0) is 67.3 Å². The summed E-state index contributed by atoms with van der Waals surface area (Å²) in [5, 5.41) is 3.48. The van der Waals surface area contributed by atoms with E-state index in [9.17, 15) is 9.59 Å². The predicted molar refractivity (Wildman–Crippen MR) is 142 cm³/mol. The summed E-state index contributed by atoms with van der Waals surface area (Å²) in [5.74, 6) is 1.17. The van der Waals surface area contributed by atoms with Crippen molar-refractivity contribution in [2.75, 3.05) is 23.6 Å². The molecule has 0 bridgehead atoms. The molecule has 0 atom stereocenters. The van der Waals surface area contributed by atoms with Crippen molar-refractivity contribution >= 4 is 34.0 Å². The summed E-state index contributed by atoms with van der Waals surface area (Å²) in [6.07, 6.45) is 4.31. The number of nitrogens with one attached hydrogen (secondary N) is 1. The second-order valence-electron chi connectivity index (χ2n) is 9.08. The maximum atomic E-state index is 13.2. The highest BCUT2D eigenvalue weighted by atomic mass is 32.1. The number of anilines is 2. The molecule has 0 saturated heterocycles. The highest BCUT2D eigenvalue weighted by Gasteiger charge is 2.27. The third kappa shape index (κ3) is 4.42. The molecule has 0 spiro atoms. The van der Waals surface area contributed by atoms with Crippen molar-refractivity contribution in [3.05, 3.63) is 82.0 Å². The van der Waals surface area contributed by atoms with Crippen molar-refractivity contribution in [1.29, 1.82) is 0 Å². The van der Waals surface area contributed by atoms with E-state index in [4.69, 9.17) is 14.5 Å². The van der Waals surface area contributed by atoms with E-state index in [0.29, 0.717) is 28.7 Å². The summed E-state index contributed by atoms with van der Waals surface area (Å²) in [4.78, 5) is 37.5. The lowest BCUT2D eigenvalue weighted by Gasteiger charge is -2.18. The monoisotopic (exact) mass is 512 g/mol. The maximum absolute atomic E-state index is 13.2. The van der Waals surface area contributed by atoms with Gasteiger partial charge in [0.25, 0.3) is 5.91 Å². The van der Waals surface area contributed by atoms with E-state index in [0.717, 1.165) is 44.9 Å². The Labute approximate surface area is 217 Å². The third-order valence-corrected chi connectivity index (χ3v) is 7.49. The number of carbonyl (C=O) groups is 2. The van der Waals surface area contributed by atoms with Crippen LogP contribution < -0.4 is 19.7 Å². The number of rotatable bonds is 5. The number of hydrogen-bond donors (Lipinski definition) is 1. The first-order valence-corrected chi connectivity index (χ1v) is 12.8. The lowest BCUT2D eigenvalue weighted by Crippen LogP contribution is -2.29. The second kappa shape index (κ2) is 9.33. The fraction of sp³-hybridized carbons (Fsp3) is 0.214. The molecule has 186 valence electrons. The molecule has 4 heterocycles. The number of hydrogen-bond acceptors (Lipinski definition) is 7. The molecule has 0 unspecified atom stereocenters. The van der Waals surface area contributed by atoms with Gasteiger partial charge in [0.05, 0.1) is 17.7 Å². The normalized spacial score (nSPS) is 13.5. The average molecular weight is 513 g/mol. The first-order chi connectivity index (χ1) is 18.0. The van der Waals surface area contributed by atoms with E-state index in [1.807, 2.05) is 55.1 Å². The van der Waals surface area contributed by atoms with Crippen molar-refractivity contribution in [3.63, 3.8) is 0 Å². The van der Waals surface area contributed by atoms with Crippen LogP contribution in [-0.4, -0.2) is 35.1 Å². The summed E-state index contributed by atoms with van der Waals surface area (Å²) in [5.41, 5.74) is 6.20. The number of aryl methyl sites for hydroxylation is 2. The Bertz CT molecular complexity index is 1550. The summed E-state index contributed by atoms with van der Waals surface area (Å²) in [6, 6.07) is 13.4. The molecule has 0 aliphatic carbocycles. The van der Waals surface area contributed by atoms with Gasteiger partial charge in [-0.1, -0.05) is 12.1 Å². The molecule has 0 radical (unpaired) electrons. The quantitative estimate of drug-likeness (QED) is 0.407. The van der Waals surface area contributed by atoms with E-state index in [1.165, 1.54) is 11.3 Å². The number of nitrogens with zero attached hydrogens (tertiary/aromatic N) is 3. The SMILES string of the molecule is Cc1ccncc1C(=O)N1CCc2cc(-c3nc(NC(=O)Cc4ccc5c(c4)OCO5)sc3C)ccc21. The number of carbonyl (C=O) groups excluding carboxylic acids is 2. The molecule has 2 aliphatic heterocycles. The lowest BCUT2D eigenvalue weighted by atomic mass is 10.1. The smallest absolute Gasteiger partial charge is 0.260 e. The molecule has 1 N–H and O–H groups in total. The van der Waals surface area contributed by atoms with Gasteiger partial charge in [0.15, 0.2) is 16.6 Å². The topological polar surface area (TPSA) is 93.7 Å². The molecule has 2 aliphatic rings. The van der Waals surface area contributed by atoms with Gasteiger partial charge in [0.2, 0.25) is 12.7 Å². The van der Waals surface area contributed by atoms with Gasteiger partial charge in [0, 0.05) is 35.1 Å². The van der Waals surface area contributed by atoms with Crippen LogP contribution in [-0.2, 0) is 17.6 Å². The van der Waals surface area contributed by atoms with Gasteiger partial charge in [-0.3, -0.25) is 14.6 Å². The van der Waals surface area contributed by atoms with Gasteiger partial charge in [-0.2, -0.15) is 0 Å². The Kier molecular flexibility index (Phi) is 5.84.